The average Bonchev–Trinajstić information content (AvgIpc) is 2.96. The van der Waals surface area contributed by atoms with E-state index in [1.165, 1.54) is 0 Å². The monoisotopic (exact) mass is 342 g/mol. The fourth-order valence-corrected chi connectivity index (χ4v) is 2.56. The maximum absolute atomic E-state index is 12.1. The minimum absolute atomic E-state index is 0.412. The summed E-state index contributed by atoms with van der Waals surface area (Å²) in [5.41, 5.74) is 1.96. The van der Waals surface area contributed by atoms with E-state index in [1.807, 2.05) is 12.1 Å². The highest BCUT2D eigenvalue weighted by Crippen LogP contribution is 2.34. The van der Waals surface area contributed by atoms with Crippen molar-refractivity contribution in [3.05, 3.63) is 70.3 Å². The maximum Gasteiger partial charge on any atom is 0.343 e. The van der Waals surface area contributed by atoms with Crippen LogP contribution in [0.15, 0.2) is 54.1 Å². The first-order chi connectivity index (χ1) is 11.6. The number of halogens is 1. The molecule has 0 amide bonds. The molecule has 5 heteroatoms. The topological polar surface area (TPSA) is 44.8 Å². The van der Waals surface area contributed by atoms with Gasteiger partial charge in [0.2, 0.25) is 0 Å². The normalized spacial score (nSPS) is 15.2. The van der Waals surface area contributed by atoms with Gasteiger partial charge in [0.15, 0.2) is 11.5 Å². The molecular formula is C19H15ClO4. The molecule has 1 aliphatic heterocycles. The second-order valence-electron chi connectivity index (χ2n) is 5.09. The molecule has 0 spiro atoms. The minimum atomic E-state index is -0.412. The summed E-state index contributed by atoms with van der Waals surface area (Å²) < 4.78 is 16.0. The average molecular weight is 343 g/mol. The van der Waals surface area contributed by atoms with Crippen LogP contribution in [-0.4, -0.2) is 20.2 Å². The van der Waals surface area contributed by atoms with Crippen molar-refractivity contribution in [1.82, 2.24) is 0 Å². The van der Waals surface area contributed by atoms with Crippen LogP contribution in [0.3, 0.4) is 0 Å². The van der Waals surface area contributed by atoms with Crippen LogP contribution < -0.4 is 9.47 Å². The summed E-state index contributed by atoms with van der Waals surface area (Å²) in [6.45, 7) is 0. The van der Waals surface area contributed by atoms with Gasteiger partial charge in [-0.15, -0.1) is 0 Å². The standard InChI is InChI=1S/C19H15ClO4/c1-22-16-5-3-4-13(18(16)23-2)10-14-11-17(24-19(14)21)12-6-8-15(20)9-7-12/h3-11H,1-2H3/b14-10+. The lowest BCUT2D eigenvalue weighted by Gasteiger charge is -2.10. The summed E-state index contributed by atoms with van der Waals surface area (Å²) in [6.07, 6.45) is 3.41. The number of methoxy groups -OCH3 is 2. The van der Waals surface area contributed by atoms with Crippen molar-refractivity contribution in [1.29, 1.82) is 0 Å². The van der Waals surface area contributed by atoms with Crippen molar-refractivity contribution >= 4 is 29.4 Å². The van der Waals surface area contributed by atoms with Crippen LogP contribution in [0.4, 0.5) is 0 Å². The largest absolute Gasteiger partial charge is 0.493 e. The highest BCUT2D eigenvalue weighted by Gasteiger charge is 2.22. The molecule has 0 bridgehead atoms. The molecule has 0 radical (unpaired) electrons. The molecule has 2 aromatic carbocycles. The number of cyclic esters (lactones) is 1. The van der Waals surface area contributed by atoms with Crippen LogP contribution in [0.1, 0.15) is 11.1 Å². The lowest BCUT2D eigenvalue weighted by atomic mass is 10.1. The Hall–Kier alpha value is -2.72. The Balaban J connectivity index is 1.99. The van der Waals surface area contributed by atoms with E-state index in [0.717, 1.165) is 11.1 Å². The van der Waals surface area contributed by atoms with E-state index in [2.05, 4.69) is 0 Å². The second-order valence-corrected chi connectivity index (χ2v) is 5.52. The molecule has 3 rings (SSSR count). The van der Waals surface area contributed by atoms with Crippen LogP contribution in [0, 0.1) is 0 Å². The summed E-state index contributed by atoms with van der Waals surface area (Å²) in [6, 6.07) is 12.6. The Labute approximate surface area is 144 Å². The Morgan fingerprint density at radius 1 is 1.04 bits per heavy atom. The summed E-state index contributed by atoms with van der Waals surface area (Å²) in [5, 5.41) is 0.626. The van der Waals surface area contributed by atoms with Crippen LogP contribution in [0.25, 0.3) is 11.8 Å². The Kier molecular flexibility index (Phi) is 4.58. The molecule has 122 valence electrons. The Morgan fingerprint density at radius 2 is 1.79 bits per heavy atom. The Morgan fingerprint density at radius 3 is 2.46 bits per heavy atom. The minimum Gasteiger partial charge on any atom is -0.493 e. The first-order valence-corrected chi connectivity index (χ1v) is 7.62. The number of hydrogen-bond acceptors (Lipinski definition) is 4. The van der Waals surface area contributed by atoms with Crippen LogP contribution >= 0.6 is 11.6 Å². The molecule has 0 unspecified atom stereocenters. The summed E-state index contributed by atoms with van der Waals surface area (Å²) in [5.74, 6) is 1.24. The van der Waals surface area contributed by atoms with Gasteiger partial charge in [-0.1, -0.05) is 23.7 Å². The van der Waals surface area contributed by atoms with E-state index in [4.69, 9.17) is 25.8 Å². The van der Waals surface area contributed by atoms with E-state index in [-0.39, 0.29) is 0 Å². The van der Waals surface area contributed by atoms with Gasteiger partial charge in [0.05, 0.1) is 19.8 Å². The second kappa shape index (κ2) is 6.81. The van der Waals surface area contributed by atoms with E-state index in [9.17, 15) is 4.79 Å². The van der Waals surface area contributed by atoms with Gasteiger partial charge in [-0.05, 0) is 42.5 Å². The third kappa shape index (κ3) is 3.14. The number of hydrogen-bond donors (Lipinski definition) is 0. The van der Waals surface area contributed by atoms with Crippen LogP contribution in [0.2, 0.25) is 5.02 Å². The number of carbonyl (C=O) groups excluding carboxylic acids is 1. The van der Waals surface area contributed by atoms with E-state index in [1.54, 1.807) is 56.7 Å². The number of rotatable bonds is 4. The molecule has 0 aliphatic carbocycles. The zero-order valence-corrected chi connectivity index (χ0v) is 14.0. The predicted molar refractivity (Wildman–Crippen MR) is 93.0 cm³/mol. The van der Waals surface area contributed by atoms with Gasteiger partial charge >= 0.3 is 5.97 Å². The van der Waals surface area contributed by atoms with E-state index in [0.29, 0.717) is 27.9 Å². The Bertz CT molecular complexity index is 835. The fourth-order valence-electron chi connectivity index (χ4n) is 2.44. The van der Waals surface area contributed by atoms with Crippen molar-refractivity contribution in [3.8, 4) is 11.5 Å². The molecular weight excluding hydrogens is 328 g/mol. The molecule has 0 saturated heterocycles. The summed E-state index contributed by atoms with van der Waals surface area (Å²) in [7, 11) is 3.12. The molecule has 1 heterocycles. The first-order valence-electron chi connectivity index (χ1n) is 7.25. The van der Waals surface area contributed by atoms with Gasteiger partial charge in [0.1, 0.15) is 5.76 Å². The van der Waals surface area contributed by atoms with Crippen LogP contribution in [0.5, 0.6) is 11.5 Å². The lowest BCUT2D eigenvalue weighted by Crippen LogP contribution is -1.98. The van der Waals surface area contributed by atoms with Gasteiger partial charge in [-0.25, -0.2) is 4.79 Å². The zero-order valence-electron chi connectivity index (χ0n) is 13.2. The van der Waals surface area contributed by atoms with Gasteiger partial charge in [0.25, 0.3) is 0 Å². The molecule has 2 aromatic rings. The molecule has 1 aliphatic rings. The van der Waals surface area contributed by atoms with Gasteiger partial charge in [0, 0.05) is 16.1 Å². The third-order valence-corrected chi connectivity index (χ3v) is 3.85. The van der Waals surface area contributed by atoms with Crippen molar-refractivity contribution in [3.63, 3.8) is 0 Å². The summed E-state index contributed by atoms with van der Waals surface area (Å²) in [4.78, 5) is 12.1. The van der Waals surface area contributed by atoms with E-state index < -0.39 is 5.97 Å². The molecule has 24 heavy (non-hydrogen) atoms. The van der Waals surface area contributed by atoms with Crippen molar-refractivity contribution in [2.75, 3.05) is 14.2 Å². The number of benzene rings is 2. The van der Waals surface area contributed by atoms with Gasteiger partial charge < -0.3 is 14.2 Å². The fraction of sp³-hybridized carbons (Fsp3) is 0.105. The number of para-hydroxylation sites is 1. The van der Waals surface area contributed by atoms with Gasteiger partial charge in [-0.2, -0.15) is 0 Å². The highest BCUT2D eigenvalue weighted by molar-refractivity contribution is 6.30. The predicted octanol–water partition coefficient (Wildman–Crippen LogP) is 4.34. The van der Waals surface area contributed by atoms with Crippen molar-refractivity contribution < 1.29 is 19.0 Å². The molecule has 4 nitrogen and oxygen atoms in total. The lowest BCUT2D eigenvalue weighted by molar-refractivity contribution is -0.130. The molecule has 0 fully saturated rings. The number of carbonyl (C=O) groups is 1. The summed E-state index contributed by atoms with van der Waals surface area (Å²) >= 11 is 5.88. The third-order valence-electron chi connectivity index (χ3n) is 3.60. The molecule has 0 N–H and O–H groups in total. The van der Waals surface area contributed by atoms with Crippen molar-refractivity contribution in [2.45, 2.75) is 0 Å². The highest BCUT2D eigenvalue weighted by atomic mass is 35.5. The van der Waals surface area contributed by atoms with Crippen LogP contribution in [-0.2, 0) is 9.53 Å². The van der Waals surface area contributed by atoms with Crippen molar-refractivity contribution in [2.24, 2.45) is 0 Å². The maximum atomic E-state index is 12.1. The number of esters is 1. The smallest absolute Gasteiger partial charge is 0.343 e. The molecule has 0 atom stereocenters. The number of ether oxygens (including phenoxy) is 3. The molecule has 0 saturated carbocycles. The molecule has 0 aromatic heterocycles. The SMILES string of the molecule is COc1cccc(/C=C2\C=C(c3ccc(Cl)cc3)OC2=O)c1OC. The first kappa shape index (κ1) is 16.1. The zero-order chi connectivity index (χ0) is 17.1. The van der Waals surface area contributed by atoms with E-state index >= 15 is 0 Å². The quantitative estimate of drug-likeness (QED) is 0.612. The van der Waals surface area contributed by atoms with Gasteiger partial charge in [-0.3, -0.25) is 0 Å².